The Kier molecular flexibility index (Phi) is 9.44. The van der Waals surface area contributed by atoms with Crippen LogP contribution in [0, 0.1) is 6.92 Å². The zero-order chi connectivity index (χ0) is 27.1. The molecule has 0 unspecified atom stereocenters. The number of aromatic nitrogens is 4. The smallest absolute Gasteiger partial charge is 0.260 e. The van der Waals surface area contributed by atoms with Gasteiger partial charge in [-0.05, 0) is 71.6 Å². The number of fused-ring (bicyclic) bond motifs is 1. The van der Waals surface area contributed by atoms with Crippen molar-refractivity contribution in [3.63, 3.8) is 0 Å². The van der Waals surface area contributed by atoms with Crippen molar-refractivity contribution in [3.05, 3.63) is 69.7 Å². The molecule has 0 aliphatic heterocycles. The second kappa shape index (κ2) is 13.0. The number of benzene rings is 1. The molecule has 0 spiro atoms. The van der Waals surface area contributed by atoms with Crippen molar-refractivity contribution in [1.29, 1.82) is 0 Å². The van der Waals surface area contributed by atoms with E-state index in [9.17, 15) is 4.79 Å². The van der Waals surface area contributed by atoms with Crippen LogP contribution in [0.2, 0.25) is 5.02 Å². The minimum absolute atomic E-state index is 0.140. The number of nitrogens with zero attached hydrogens (tertiary/aromatic N) is 5. The molecule has 0 amide bonds. The van der Waals surface area contributed by atoms with Gasteiger partial charge in [0, 0.05) is 65.3 Å². The minimum Gasteiger partial charge on any atom is -0.381 e. The van der Waals surface area contributed by atoms with E-state index >= 15 is 0 Å². The van der Waals surface area contributed by atoms with Gasteiger partial charge in [0.2, 0.25) is 5.95 Å². The lowest BCUT2D eigenvalue weighted by atomic mass is 10.0. The largest absolute Gasteiger partial charge is 0.381 e. The number of rotatable bonds is 12. The van der Waals surface area contributed by atoms with E-state index in [1.54, 1.807) is 10.8 Å². The molecular formula is C29H35ClN6O2. The molecule has 4 aromatic rings. The third kappa shape index (κ3) is 6.75. The van der Waals surface area contributed by atoms with Gasteiger partial charge < -0.3 is 15.0 Å². The third-order valence-electron chi connectivity index (χ3n) is 6.23. The van der Waals surface area contributed by atoms with Crippen molar-refractivity contribution in [1.82, 2.24) is 24.4 Å². The Morgan fingerprint density at radius 1 is 1.05 bits per heavy atom. The Morgan fingerprint density at radius 2 is 1.87 bits per heavy atom. The van der Waals surface area contributed by atoms with E-state index < -0.39 is 0 Å². The molecule has 0 atom stereocenters. The average molecular weight is 535 g/mol. The normalized spacial score (nSPS) is 11.4. The number of nitrogens with one attached hydrogen (secondary N) is 1. The van der Waals surface area contributed by atoms with Crippen LogP contribution >= 0.6 is 11.6 Å². The van der Waals surface area contributed by atoms with Crippen molar-refractivity contribution in [2.24, 2.45) is 0 Å². The summed E-state index contributed by atoms with van der Waals surface area (Å²) < 4.78 is 7.34. The average Bonchev–Trinajstić information content (AvgIpc) is 2.90. The number of aryl methyl sites for hydroxylation is 2. The van der Waals surface area contributed by atoms with Crippen LogP contribution in [0.15, 0.2) is 53.5 Å². The van der Waals surface area contributed by atoms with Crippen LogP contribution < -0.4 is 10.9 Å². The van der Waals surface area contributed by atoms with Crippen molar-refractivity contribution in [2.75, 3.05) is 45.7 Å². The molecule has 1 aromatic carbocycles. The van der Waals surface area contributed by atoms with Crippen LogP contribution in [0.25, 0.3) is 33.4 Å². The molecule has 200 valence electrons. The van der Waals surface area contributed by atoms with E-state index in [0.717, 1.165) is 48.3 Å². The zero-order valence-electron chi connectivity index (χ0n) is 22.5. The minimum atomic E-state index is -0.140. The van der Waals surface area contributed by atoms with Crippen LogP contribution in [0.1, 0.15) is 25.5 Å². The maximum absolute atomic E-state index is 13.5. The Balaban J connectivity index is 1.50. The van der Waals surface area contributed by atoms with Gasteiger partial charge in [0.1, 0.15) is 5.65 Å². The van der Waals surface area contributed by atoms with Gasteiger partial charge in [0.25, 0.3) is 5.56 Å². The number of ether oxygens (including phenoxy) is 1. The molecule has 1 N–H and O–H groups in total. The van der Waals surface area contributed by atoms with Crippen LogP contribution in [0.4, 0.5) is 5.95 Å². The number of anilines is 1. The summed E-state index contributed by atoms with van der Waals surface area (Å²) in [5.41, 5.74) is 4.31. The van der Waals surface area contributed by atoms with Crippen molar-refractivity contribution >= 4 is 28.6 Å². The summed E-state index contributed by atoms with van der Waals surface area (Å²) in [5.74, 6) is 0.493. The molecule has 3 heterocycles. The molecule has 4 rings (SSSR count). The van der Waals surface area contributed by atoms with Crippen LogP contribution in [0.3, 0.4) is 0 Å². The summed E-state index contributed by atoms with van der Waals surface area (Å²) in [6.07, 6.45) is 3.61. The van der Waals surface area contributed by atoms with Gasteiger partial charge in [-0.3, -0.25) is 14.3 Å². The standard InChI is InChI=1S/C29H35ClN6O2/c1-5-36-27-22(19-32-29(34-27)31-13-7-15-38-16-8-14-35(3)4)17-24(28(36)37)23-12-11-21(18-25(23)30)26-10-6-9-20(2)33-26/h6,9-12,17-19H,5,7-8,13-16H2,1-4H3,(H,31,32,34). The molecule has 0 aliphatic carbocycles. The molecular weight excluding hydrogens is 500 g/mol. The van der Waals surface area contributed by atoms with Gasteiger partial charge in [-0.25, -0.2) is 4.98 Å². The van der Waals surface area contributed by atoms with Crippen molar-refractivity contribution in [3.8, 4) is 22.4 Å². The Hall–Kier alpha value is -3.33. The molecule has 38 heavy (non-hydrogen) atoms. The fraction of sp³-hybridized carbons (Fsp3) is 0.379. The van der Waals surface area contributed by atoms with Gasteiger partial charge >= 0.3 is 0 Å². The van der Waals surface area contributed by atoms with Crippen molar-refractivity contribution in [2.45, 2.75) is 33.2 Å². The number of halogens is 1. The molecule has 0 saturated heterocycles. The van der Waals surface area contributed by atoms with E-state index in [2.05, 4.69) is 39.3 Å². The summed E-state index contributed by atoms with van der Waals surface area (Å²) in [6.45, 7) is 7.50. The summed E-state index contributed by atoms with van der Waals surface area (Å²) in [5, 5.41) is 4.51. The highest BCUT2D eigenvalue weighted by Gasteiger charge is 2.15. The van der Waals surface area contributed by atoms with Gasteiger partial charge in [-0.2, -0.15) is 4.98 Å². The molecule has 0 aliphatic rings. The van der Waals surface area contributed by atoms with E-state index in [1.165, 1.54) is 0 Å². The molecule has 3 aromatic heterocycles. The van der Waals surface area contributed by atoms with Crippen LogP contribution in [-0.4, -0.2) is 64.8 Å². The Morgan fingerprint density at radius 3 is 2.61 bits per heavy atom. The molecule has 0 radical (unpaired) electrons. The lowest BCUT2D eigenvalue weighted by molar-refractivity contribution is 0.125. The van der Waals surface area contributed by atoms with Gasteiger partial charge in [0.05, 0.1) is 5.69 Å². The summed E-state index contributed by atoms with van der Waals surface area (Å²) in [4.78, 5) is 29.3. The topological polar surface area (TPSA) is 85.2 Å². The first-order valence-corrected chi connectivity index (χ1v) is 13.4. The summed E-state index contributed by atoms with van der Waals surface area (Å²) >= 11 is 6.69. The van der Waals surface area contributed by atoms with Gasteiger partial charge in [-0.1, -0.05) is 29.8 Å². The lowest BCUT2D eigenvalue weighted by Crippen LogP contribution is -2.22. The highest BCUT2D eigenvalue weighted by Crippen LogP contribution is 2.31. The van der Waals surface area contributed by atoms with Gasteiger partial charge in [0.15, 0.2) is 0 Å². The predicted molar refractivity (Wildman–Crippen MR) is 155 cm³/mol. The quantitative estimate of drug-likeness (QED) is 0.248. The number of pyridine rings is 2. The third-order valence-corrected chi connectivity index (χ3v) is 6.54. The fourth-order valence-electron chi connectivity index (χ4n) is 4.29. The number of hydrogen-bond acceptors (Lipinski definition) is 7. The highest BCUT2D eigenvalue weighted by atomic mass is 35.5. The molecule has 0 fully saturated rings. The highest BCUT2D eigenvalue weighted by molar-refractivity contribution is 6.33. The van der Waals surface area contributed by atoms with E-state index in [1.807, 2.05) is 56.3 Å². The molecule has 0 bridgehead atoms. The van der Waals surface area contributed by atoms with Crippen LogP contribution in [0.5, 0.6) is 0 Å². The Labute approximate surface area is 228 Å². The SMILES string of the molecule is CCn1c(=O)c(-c2ccc(-c3cccc(C)n3)cc2Cl)cc2cnc(NCCCOCCCN(C)C)nc21. The van der Waals surface area contributed by atoms with Gasteiger partial charge in [-0.15, -0.1) is 0 Å². The first-order chi connectivity index (χ1) is 18.4. The molecule has 0 saturated carbocycles. The second-order valence-corrected chi connectivity index (χ2v) is 9.90. The Bertz CT molecular complexity index is 1450. The monoisotopic (exact) mass is 534 g/mol. The number of hydrogen-bond donors (Lipinski definition) is 1. The predicted octanol–water partition coefficient (Wildman–Crippen LogP) is 5.27. The second-order valence-electron chi connectivity index (χ2n) is 9.49. The zero-order valence-corrected chi connectivity index (χ0v) is 23.3. The fourth-order valence-corrected chi connectivity index (χ4v) is 4.57. The van der Waals surface area contributed by atoms with E-state index in [0.29, 0.717) is 47.4 Å². The first kappa shape index (κ1) is 27.7. The van der Waals surface area contributed by atoms with E-state index in [4.69, 9.17) is 16.3 Å². The maximum Gasteiger partial charge on any atom is 0.260 e. The summed E-state index contributed by atoms with van der Waals surface area (Å²) in [7, 11) is 4.12. The molecule has 9 heteroatoms. The molecule has 8 nitrogen and oxygen atoms in total. The summed E-state index contributed by atoms with van der Waals surface area (Å²) in [6, 6.07) is 13.4. The maximum atomic E-state index is 13.5. The van der Waals surface area contributed by atoms with E-state index in [-0.39, 0.29) is 5.56 Å². The first-order valence-electron chi connectivity index (χ1n) is 13.0. The van der Waals surface area contributed by atoms with Crippen LogP contribution in [-0.2, 0) is 11.3 Å². The van der Waals surface area contributed by atoms with Crippen molar-refractivity contribution < 1.29 is 4.74 Å². The lowest BCUT2D eigenvalue weighted by Gasteiger charge is -2.13.